The molecule has 2 aliphatic rings. The molecule has 3 aromatic rings. The number of carboxylic acids is 2. The minimum Gasteiger partial charge on any atom is -0.488 e. The summed E-state index contributed by atoms with van der Waals surface area (Å²) in [6, 6.07) is 13.1. The quantitative estimate of drug-likeness (QED) is 0.284. The first-order chi connectivity index (χ1) is 21.5. The van der Waals surface area contributed by atoms with E-state index in [0.29, 0.717) is 22.9 Å². The van der Waals surface area contributed by atoms with E-state index in [9.17, 15) is 31.1 Å². The highest BCUT2D eigenvalue weighted by Gasteiger charge is 2.39. The summed E-state index contributed by atoms with van der Waals surface area (Å²) in [5.41, 5.74) is 2.53. The van der Waals surface area contributed by atoms with Crippen molar-refractivity contribution in [3.8, 4) is 28.4 Å². The Morgan fingerprint density at radius 2 is 1.54 bits per heavy atom. The second-order valence-corrected chi connectivity index (χ2v) is 9.78. The number of fused-ring (bicyclic) bond motifs is 1. The lowest BCUT2D eigenvalue weighted by Crippen LogP contribution is -2.40. The number of aromatic amines is 1. The Balaban J connectivity index is 0.000000345. The van der Waals surface area contributed by atoms with Gasteiger partial charge in [-0.25, -0.2) is 9.59 Å². The highest BCUT2D eigenvalue weighted by atomic mass is 19.4. The van der Waals surface area contributed by atoms with Crippen molar-refractivity contribution >= 4 is 23.5 Å². The molecule has 3 heterocycles. The average Bonchev–Trinajstić information content (AvgIpc) is 3.54. The molecule has 1 aromatic heterocycles. The smallest absolute Gasteiger partial charge is 0.488 e. The number of aliphatic carboxylic acids is 2. The Morgan fingerprint density at radius 1 is 0.957 bits per heavy atom. The van der Waals surface area contributed by atoms with Crippen molar-refractivity contribution in [1.29, 1.82) is 0 Å². The van der Waals surface area contributed by atoms with Crippen LogP contribution in [0.1, 0.15) is 12.8 Å². The number of carbonyl (C=O) groups excluding carboxylic acids is 1. The van der Waals surface area contributed by atoms with Gasteiger partial charge in [0.25, 0.3) is 5.91 Å². The fourth-order valence-corrected chi connectivity index (χ4v) is 3.96. The lowest BCUT2D eigenvalue weighted by atomic mass is 10.1. The molecule has 18 heteroatoms. The molecular weight excluding hydrogens is 634 g/mol. The van der Waals surface area contributed by atoms with Crippen molar-refractivity contribution in [2.24, 2.45) is 0 Å². The molecule has 2 aromatic carbocycles. The Bertz CT molecular complexity index is 1450. The molecule has 46 heavy (non-hydrogen) atoms. The van der Waals surface area contributed by atoms with E-state index in [0.717, 1.165) is 37.1 Å². The van der Waals surface area contributed by atoms with Crippen LogP contribution in [-0.4, -0.2) is 94.5 Å². The third-order valence-electron chi connectivity index (χ3n) is 6.32. The fourth-order valence-electron chi connectivity index (χ4n) is 3.96. The van der Waals surface area contributed by atoms with Crippen molar-refractivity contribution in [1.82, 2.24) is 15.1 Å². The van der Waals surface area contributed by atoms with Crippen molar-refractivity contribution in [2.75, 3.05) is 32.1 Å². The molecule has 12 nitrogen and oxygen atoms in total. The molecular formula is C28H28F6N4O8. The first kappa shape index (κ1) is 35.5. The minimum atomic E-state index is -5.08. The van der Waals surface area contributed by atoms with Crippen LogP contribution >= 0.6 is 0 Å². The number of H-pyrrole nitrogens is 1. The first-order valence-corrected chi connectivity index (χ1v) is 13.3. The van der Waals surface area contributed by atoms with Gasteiger partial charge in [-0.1, -0.05) is 18.2 Å². The van der Waals surface area contributed by atoms with Crippen LogP contribution in [0.2, 0.25) is 0 Å². The van der Waals surface area contributed by atoms with E-state index < -0.39 is 30.4 Å². The Morgan fingerprint density at radius 3 is 2.09 bits per heavy atom. The van der Waals surface area contributed by atoms with Crippen LogP contribution in [-0.2, 0) is 14.4 Å². The zero-order valence-electron chi connectivity index (χ0n) is 23.9. The molecule has 1 atom stereocenters. The number of benzene rings is 2. The number of hydrogen-bond donors (Lipinski definition) is 4. The first-order valence-electron chi connectivity index (χ1n) is 13.3. The van der Waals surface area contributed by atoms with Crippen LogP contribution in [0.3, 0.4) is 0 Å². The van der Waals surface area contributed by atoms with Crippen LogP contribution in [0.15, 0.2) is 54.9 Å². The number of nitrogens with one attached hydrogen (secondary N) is 2. The van der Waals surface area contributed by atoms with Gasteiger partial charge in [-0.3, -0.25) is 9.89 Å². The number of para-hydroxylation sites is 2. The normalized spacial score (nSPS) is 16.5. The summed E-state index contributed by atoms with van der Waals surface area (Å²) in [6.45, 7) is 2.13. The summed E-state index contributed by atoms with van der Waals surface area (Å²) in [4.78, 5) is 33.1. The number of carboxylic acid groups (broad SMARTS) is 2. The maximum absolute atomic E-state index is 13.0. The predicted octanol–water partition coefficient (Wildman–Crippen LogP) is 4.59. The number of hydrogen-bond acceptors (Lipinski definition) is 8. The van der Waals surface area contributed by atoms with Gasteiger partial charge in [-0.15, -0.1) is 0 Å². The molecule has 1 saturated heterocycles. The van der Waals surface area contributed by atoms with Crippen molar-refractivity contribution in [2.45, 2.75) is 37.4 Å². The molecule has 1 fully saturated rings. The second-order valence-electron chi connectivity index (χ2n) is 9.78. The van der Waals surface area contributed by atoms with E-state index in [4.69, 9.17) is 34.0 Å². The van der Waals surface area contributed by atoms with Crippen LogP contribution < -0.4 is 19.5 Å². The third kappa shape index (κ3) is 10.6. The SMILES string of the molecule is CN1CCC(Oc2cc(-c3cn[nH]c3)ccc2NC(=O)C2COc3ccccc3O2)CC1.O=C(O)C(F)(F)F.O=C(O)C(F)(F)F. The highest BCUT2D eigenvalue weighted by Crippen LogP contribution is 2.34. The van der Waals surface area contributed by atoms with Gasteiger partial charge in [0.15, 0.2) is 11.5 Å². The molecule has 5 rings (SSSR count). The van der Waals surface area contributed by atoms with Gasteiger partial charge in [-0.2, -0.15) is 31.4 Å². The van der Waals surface area contributed by atoms with E-state index in [1.807, 2.05) is 42.6 Å². The Kier molecular flexibility index (Phi) is 11.8. The summed E-state index contributed by atoms with van der Waals surface area (Å²) < 4.78 is 81.4. The van der Waals surface area contributed by atoms with Crippen molar-refractivity contribution in [3.63, 3.8) is 0 Å². The van der Waals surface area contributed by atoms with Crippen molar-refractivity contribution in [3.05, 3.63) is 54.9 Å². The number of amides is 1. The number of likely N-dealkylation sites (tertiary alicyclic amines) is 1. The van der Waals surface area contributed by atoms with Crippen molar-refractivity contribution < 1.29 is 65.1 Å². The van der Waals surface area contributed by atoms with Gasteiger partial charge in [-0.05, 0) is 49.7 Å². The Hall–Kier alpha value is -5.00. The zero-order valence-corrected chi connectivity index (χ0v) is 23.9. The predicted molar refractivity (Wildman–Crippen MR) is 148 cm³/mol. The largest absolute Gasteiger partial charge is 0.490 e. The molecule has 250 valence electrons. The van der Waals surface area contributed by atoms with Crippen LogP contribution in [0, 0.1) is 0 Å². The van der Waals surface area contributed by atoms with Gasteiger partial charge >= 0.3 is 24.3 Å². The molecule has 4 N–H and O–H groups in total. The maximum atomic E-state index is 13.0. The average molecular weight is 663 g/mol. The Labute approximate surface area is 256 Å². The second kappa shape index (κ2) is 15.3. The number of halogens is 6. The summed E-state index contributed by atoms with van der Waals surface area (Å²) in [7, 11) is 2.12. The van der Waals surface area contributed by atoms with E-state index in [1.54, 1.807) is 12.3 Å². The standard InChI is InChI=1S/C24H26N4O4.2C2HF3O2/c1-28-10-8-18(9-11-28)31-22-12-16(17-13-25-26-14-17)6-7-19(22)27-24(29)23-15-30-20-4-2-3-5-21(20)32-23;2*3-2(4,5)1(6)7/h2-7,12-14,18,23H,8-11,15H2,1H3,(H,25,26)(H,27,29);2*(H,6,7). The number of alkyl halides is 6. The molecule has 1 amide bonds. The number of aromatic nitrogens is 2. The zero-order chi connectivity index (χ0) is 34.1. The number of ether oxygens (including phenoxy) is 3. The fraction of sp³-hybridized carbons (Fsp3) is 0.357. The molecule has 0 bridgehead atoms. The summed E-state index contributed by atoms with van der Waals surface area (Å²) >= 11 is 0. The summed E-state index contributed by atoms with van der Waals surface area (Å²) in [6.07, 6.45) is -5.33. The topological polar surface area (TPSA) is 163 Å². The highest BCUT2D eigenvalue weighted by molar-refractivity contribution is 5.96. The molecule has 0 saturated carbocycles. The van der Waals surface area contributed by atoms with E-state index in [-0.39, 0.29) is 18.6 Å². The van der Waals surface area contributed by atoms with E-state index >= 15 is 0 Å². The van der Waals surface area contributed by atoms with Gasteiger partial charge < -0.3 is 34.6 Å². The summed E-state index contributed by atoms with van der Waals surface area (Å²) in [5.74, 6) is -3.93. The van der Waals surface area contributed by atoms with Crippen LogP contribution in [0.25, 0.3) is 11.1 Å². The van der Waals surface area contributed by atoms with Gasteiger partial charge in [0.1, 0.15) is 18.5 Å². The van der Waals surface area contributed by atoms with Gasteiger partial charge in [0, 0.05) is 24.8 Å². The van der Waals surface area contributed by atoms with E-state index in [2.05, 4.69) is 27.5 Å². The molecule has 0 aliphatic carbocycles. The number of anilines is 1. The van der Waals surface area contributed by atoms with Gasteiger partial charge in [0.05, 0.1) is 11.9 Å². The monoisotopic (exact) mass is 662 g/mol. The number of piperidine rings is 1. The summed E-state index contributed by atoms with van der Waals surface area (Å²) in [5, 5.41) is 24.1. The third-order valence-corrected chi connectivity index (χ3v) is 6.32. The molecule has 2 aliphatic heterocycles. The lowest BCUT2D eigenvalue weighted by Gasteiger charge is -2.30. The van der Waals surface area contributed by atoms with E-state index in [1.165, 1.54) is 0 Å². The number of carbonyl (C=O) groups is 3. The van der Waals surface area contributed by atoms with Crippen LogP contribution in [0.4, 0.5) is 32.0 Å². The molecule has 1 unspecified atom stereocenters. The lowest BCUT2D eigenvalue weighted by molar-refractivity contribution is -0.193. The maximum Gasteiger partial charge on any atom is 0.490 e. The molecule has 0 spiro atoms. The molecule has 0 radical (unpaired) electrons. The van der Waals surface area contributed by atoms with Gasteiger partial charge in [0.2, 0.25) is 6.10 Å². The number of rotatable bonds is 5. The number of nitrogens with zero attached hydrogens (tertiary/aromatic N) is 2. The van der Waals surface area contributed by atoms with Crippen LogP contribution in [0.5, 0.6) is 17.2 Å². The minimum absolute atomic E-state index is 0.0996.